The van der Waals surface area contributed by atoms with E-state index >= 15 is 0 Å². The molecule has 0 radical (unpaired) electrons. The van der Waals surface area contributed by atoms with Crippen LogP contribution < -0.4 is 0 Å². The average Bonchev–Trinajstić information content (AvgIpc) is 1.99. The van der Waals surface area contributed by atoms with E-state index in [4.69, 9.17) is 6.42 Å². The van der Waals surface area contributed by atoms with Gasteiger partial charge in [-0.3, -0.25) is 4.99 Å². The molecule has 0 saturated carbocycles. The zero-order valence-electron chi connectivity index (χ0n) is 6.39. The molecule has 1 heteroatoms. The summed E-state index contributed by atoms with van der Waals surface area (Å²) in [5.41, 5.74) is 1.69. The molecule has 0 aromatic rings. The Morgan fingerprint density at radius 3 is 2.60 bits per heavy atom. The molecule has 0 spiro atoms. The van der Waals surface area contributed by atoms with Gasteiger partial charge in [-0.05, 0) is 19.4 Å². The largest absolute Gasteiger partial charge is 0.252 e. The fourth-order valence-electron chi connectivity index (χ4n) is 0.289. The van der Waals surface area contributed by atoms with Crippen molar-refractivity contribution in [1.29, 1.82) is 0 Å². The Kier molecular flexibility index (Phi) is 3.99. The Morgan fingerprint density at radius 2 is 2.20 bits per heavy atom. The summed E-state index contributed by atoms with van der Waals surface area (Å²) in [6.07, 6.45) is 8.49. The SMILES string of the molecule is C#CC(C)=N/C=C(/C)C=C. The standard InChI is InChI=1S/C9H11N/c1-5-8(3)7-10-9(4)6-2/h2,5,7H,1H2,3-4H3/b8-7-,10-9?. The van der Waals surface area contributed by atoms with Crippen LogP contribution >= 0.6 is 0 Å². The van der Waals surface area contributed by atoms with E-state index in [-0.39, 0.29) is 0 Å². The van der Waals surface area contributed by atoms with E-state index in [0.29, 0.717) is 5.71 Å². The second-order valence-electron chi connectivity index (χ2n) is 1.94. The van der Waals surface area contributed by atoms with E-state index in [0.717, 1.165) is 5.57 Å². The minimum atomic E-state index is 0.682. The highest BCUT2D eigenvalue weighted by Gasteiger charge is 1.78. The Labute approximate surface area is 62.2 Å². The minimum absolute atomic E-state index is 0.682. The van der Waals surface area contributed by atoms with Gasteiger partial charge >= 0.3 is 0 Å². The van der Waals surface area contributed by atoms with E-state index in [9.17, 15) is 0 Å². The molecule has 0 saturated heterocycles. The van der Waals surface area contributed by atoms with Crippen LogP contribution in [0.3, 0.4) is 0 Å². The third kappa shape index (κ3) is 3.68. The molecule has 0 fully saturated rings. The Balaban J connectivity index is 4.21. The van der Waals surface area contributed by atoms with Crippen molar-refractivity contribution in [2.24, 2.45) is 4.99 Å². The van der Waals surface area contributed by atoms with Crippen molar-refractivity contribution in [2.45, 2.75) is 13.8 Å². The zero-order chi connectivity index (χ0) is 7.98. The third-order valence-electron chi connectivity index (χ3n) is 0.993. The normalized spacial score (nSPS) is 12.5. The summed E-state index contributed by atoms with van der Waals surface area (Å²) in [5.74, 6) is 2.42. The van der Waals surface area contributed by atoms with E-state index in [1.807, 2.05) is 6.92 Å². The molecule has 0 amide bonds. The zero-order valence-corrected chi connectivity index (χ0v) is 6.39. The summed E-state index contributed by atoms with van der Waals surface area (Å²) >= 11 is 0. The fraction of sp³-hybridized carbons (Fsp3) is 0.222. The molecule has 0 aliphatic rings. The van der Waals surface area contributed by atoms with E-state index < -0.39 is 0 Å². The van der Waals surface area contributed by atoms with Gasteiger partial charge in [0, 0.05) is 6.20 Å². The summed E-state index contributed by atoms with van der Waals surface area (Å²) in [7, 11) is 0. The van der Waals surface area contributed by atoms with Crippen molar-refractivity contribution in [3.8, 4) is 12.3 Å². The van der Waals surface area contributed by atoms with Crippen LogP contribution in [0.5, 0.6) is 0 Å². The number of hydrogen-bond donors (Lipinski definition) is 0. The first-order valence-corrected chi connectivity index (χ1v) is 3.01. The number of nitrogens with zero attached hydrogens (tertiary/aromatic N) is 1. The molecular formula is C9H11N. The number of terminal acetylenes is 1. The molecule has 1 nitrogen and oxygen atoms in total. The molecule has 0 bridgehead atoms. The monoisotopic (exact) mass is 133 g/mol. The van der Waals surface area contributed by atoms with E-state index in [1.54, 1.807) is 19.2 Å². The van der Waals surface area contributed by atoms with Crippen LogP contribution in [0.4, 0.5) is 0 Å². The van der Waals surface area contributed by atoms with Gasteiger partial charge in [-0.1, -0.05) is 18.6 Å². The lowest BCUT2D eigenvalue weighted by atomic mass is 10.3. The number of rotatable bonds is 2. The van der Waals surface area contributed by atoms with Crippen LogP contribution in [0, 0.1) is 12.3 Å². The van der Waals surface area contributed by atoms with Crippen LogP contribution in [0.1, 0.15) is 13.8 Å². The highest BCUT2D eigenvalue weighted by molar-refractivity contribution is 5.98. The van der Waals surface area contributed by atoms with E-state index in [1.165, 1.54) is 0 Å². The maximum absolute atomic E-state index is 5.06. The lowest BCUT2D eigenvalue weighted by Gasteiger charge is -1.85. The summed E-state index contributed by atoms with van der Waals surface area (Å²) in [4.78, 5) is 3.96. The molecule has 0 aromatic heterocycles. The van der Waals surface area contributed by atoms with Crippen molar-refractivity contribution in [1.82, 2.24) is 0 Å². The Morgan fingerprint density at radius 1 is 1.60 bits per heavy atom. The summed E-state index contributed by atoms with van der Waals surface area (Å²) in [6.45, 7) is 7.28. The maximum Gasteiger partial charge on any atom is 0.0865 e. The fourth-order valence-corrected chi connectivity index (χ4v) is 0.289. The quantitative estimate of drug-likeness (QED) is 0.311. The van der Waals surface area contributed by atoms with Gasteiger partial charge in [-0.15, -0.1) is 6.42 Å². The van der Waals surface area contributed by atoms with Crippen LogP contribution in [0.15, 0.2) is 29.4 Å². The highest BCUT2D eigenvalue weighted by Crippen LogP contribution is 1.92. The van der Waals surface area contributed by atoms with Crippen LogP contribution in [-0.4, -0.2) is 5.71 Å². The van der Waals surface area contributed by atoms with Crippen LogP contribution in [0.25, 0.3) is 0 Å². The molecule has 10 heavy (non-hydrogen) atoms. The number of hydrogen-bond acceptors (Lipinski definition) is 1. The molecule has 0 rings (SSSR count). The Hall–Kier alpha value is -1.29. The molecule has 0 aromatic carbocycles. The molecule has 0 atom stereocenters. The molecule has 0 N–H and O–H groups in total. The van der Waals surface area contributed by atoms with Gasteiger partial charge in [0.15, 0.2) is 0 Å². The predicted octanol–water partition coefficient (Wildman–Crippen LogP) is 2.17. The topological polar surface area (TPSA) is 12.4 Å². The average molecular weight is 133 g/mol. The molecule has 0 aliphatic carbocycles. The second-order valence-corrected chi connectivity index (χ2v) is 1.94. The van der Waals surface area contributed by atoms with Crippen LogP contribution in [0.2, 0.25) is 0 Å². The molecule has 52 valence electrons. The van der Waals surface area contributed by atoms with E-state index in [2.05, 4.69) is 17.5 Å². The maximum atomic E-state index is 5.06. The van der Waals surface area contributed by atoms with Crippen molar-refractivity contribution < 1.29 is 0 Å². The van der Waals surface area contributed by atoms with Crippen molar-refractivity contribution in [3.63, 3.8) is 0 Å². The van der Waals surface area contributed by atoms with Gasteiger partial charge < -0.3 is 0 Å². The lowest BCUT2D eigenvalue weighted by Crippen LogP contribution is -1.80. The third-order valence-corrected chi connectivity index (χ3v) is 0.993. The van der Waals surface area contributed by atoms with Crippen molar-refractivity contribution in [2.75, 3.05) is 0 Å². The summed E-state index contributed by atoms with van der Waals surface area (Å²) < 4.78 is 0. The first-order valence-electron chi connectivity index (χ1n) is 3.01. The first kappa shape index (κ1) is 8.71. The molecule has 0 aliphatic heterocycles. The van der Waals surface area contributed by atoms with Crippen molar-refractivity contribution >= 4 is 5.71 Å². The smallest absolute Gasteiger partial charge is 0.0865 e. The minimum Gasteiger partial charge on any atom is -0.252 e. The first-order chi connectivity index (χ1) is 4.70. The molecular weight excluding hydrogens is 122 g/mol. The highest BCUT2D eigenvalue weighted by atomic mass is 14.7. The van der Waals surface area contributed by atoms with Gasteiger partial charge in [-0.2, -0.15) is 0 Å². The van der Waals surface area contributed by atoms with Gasteiger partial charge in [0.1, 0.15) is 0 Å². The van der Waals surface area contributed by atoms with Gasteiger partial charge in [-0.25, -0.2) is 0 Å². The van der Waals surface area contributed by atoms with Gasteiger partial charge in [0.25, 0.3) is 0 Å². The Bertz CT molecular complexity index is 213. The molecule has 0 unspecified atom stereocenters. The second kappa shape index (κ2) is 4.58. The molecule has 0 heterocycles. The van der Waals surface area contributed by atoms with Crippen LogP contribution in [-0.2, 0) is 0 Å². The number of aliphatic imine (C=N–C) groups is 1. The predicted molar refractivity (Wildman–Crippen MR) is 45.9 cm³/mol. The van der Waals surface area contributed by atoms with Gasteiger partial charge in [0.05, 0.1) is 5.71 Å². The van der Waals surface area contributed by atoms with Crippen molar-refractivity contribution in [3.05, 3.63) is 24.4 Å². The van der Waals surface area contributed by atoms with Gasteiger partial charge in [0.2, 0.25) is 0 Å². The summed E-state index contributed by atoms with van der Waals surface area (Å²) in [6, 6.07) is 0. The lowest BCUT2D eigenvalue weighted by molar-refractivity contribution is 1.43. The summed E-state index contributed by atoms with van der Waals surface area (Å²) in [5, 5.41) is 0. The number of allylic oxidation sites excluding steroid dienone is 2.